The molecule has 0 amide bonds. The second-order valence-electron chi connectivity index (χ2n) is 6.50. The van der Waals surface area contributed by atoms with Gasteiger partial charge in [-0.05, 0) is 39.5 Å². The first-order chi connectivity index (χ1) is 8.64. The fraction of sp³-hybridized carbons (Fsp3) is 1.00. The summed E-state index contributed by atoms with van der Waals surface area (Å²) in [6, 6.07) is 1.06. The summed E-state index contributed by atoms with van der Waals surface area (Å²) in [6.45, 7) is 7.99. The van der Waals surface area contributed by atoms with E-state index >= 15 is 0 Å². The smallest absolute Gasteiger partial charge is 0.104 e. The summed E-state index contributed by atoms with van der Waals surface area (Å²) < 4.78 is 0. The van der Waals surface area contributed by atoms with Gasteiger partial charge < -0.3 is 5.32 Å². The quantitative estimate of drug-likeness (QED) is 0.660. The van der Waals surface area contributed by atoms with Gasteiger partial charge in [0.25, 0.3) is 0 Å². The standard InChI is InChI=1S/C14H28N4/c1-10-9-15-11(2)14(13-7-5-4-6-8-13)16-12(3)17-18(10)14/h10-13,15-17H,4-9H2,1-3H3/t10?,11?,12-,14?/m0/s1. The summed E-state index contributed by atoms with van der Waals surface area (Å²) in [5, 5.41) is 10.1. The molecule has 104 valence electrons. The monoisotopic (exact) mass is 252 g/mol. The van der Waals surface area contributed by atoms with Gasteiger partial charge in [-0.1, -0.05) is 19.3 Å². The molecule has 0 aromatic heterocycles. The summed E-state index contributed by atoms with van der Waals surface area (Å²) in [5.74, 6) is 0.772. The molecule has 0 spiro atoms. The van der Waals surface area contributed by atoms with Crippen molar-refractivity contribution in [3.63, 3.8) is 0 Å². The lowest BCUT2D eigenvalue weighted by Crippen LogP contribution is -2.75. The van der Waals surface area contributed by atoms with Gasteiger partial charge in [0.15, 0.2) is 0 Å². The average Bonchev–Trinajstić information content (AvgIpc) is 2.75. The van der Waals surface area contributed by atoms with Crippen LogP contribution in [0.25, 0.3) is 0 Å². The van der Waals surface area contributed by atoms with Crippen LogP contribution in [0, 0.1) is 5.92 Å². The van der Waals surface area contributed by atoms with E-state index in [2.05, 4.69) is 41.8 Å². The number of hydrogen-bond acceptors (Lipinski definition) is 4. The van der Waals surface area contributed by atoms with Gasteiger partial charge in [0.05, 0.1) is 6.17 Å². The van der Waals surface area contributed by atoms with Gasteiger partial charge in [0.2, 0.25) is 0 Å². The van der Waals surface area contributed by atoms with Crippen molar-refractivity contribution in [3.05, 3.63) is 0 Å². The first-order valence-corrected chi connectivity index (χ1v) is 7.71. The number of fused-ring (bicyclic) bond motifs is 1. The van der Waals surface area contributed by atoms with E-state index in [1.165, 1.54) is 32.1 Å². The zero-order valence-corrected chi connectivity index (χ0v) is 12.0. The molecule has 0 bridgehead atoms. The molecule has 3 unspecified atom stereocenters. The van der Waals surface area contributed by atoms with E-state index in [4.69, 9.17) is 0 Å². The van der Waals surface area contributed by atoms with Crippen LogP contribution in [0.15, 0.2) is 0 Å². The van der Waals surface area contributed by atoms with Crippen molar-refractivity contribution in [3.8, 4) is 0 Å². The predicted molar refractivity (Wildman–Crippen MR) is 73.8 cm³/mol. The average molecular weight is 252 g/mol. The van der Waals surface area contributed by atoms with Crippen LogP contribution in [0.4, 0.5) is 0 Å². The van der Waals surface area contributed by atoms with Crippen LogP contribution in [0.2, 0.25) is 0 Å². The van der Waals surface area contributed by atoms with E-state index < -0.39 is 0 Å². The molecule has 3 aliphatic rings. The van der Waals surface area contributed by atoms with Crippen molar-refractivity contribution in [2.45, 2.75) is 76.8 Å². The second kappa shape index (κ2) is 4.75. The van der Waals surface area contributed by atoms with Crippen molar-refractivity contribution < 1.29 is 0 Å². The molecule has 0 aromatic rings. The fourth-order valence-corrected chi connectivity index (χ4v) is 4.39. The maximum absolute atomic E-state index is 3.87. The van der Waals surface area contributed by atoms with Crippen LogP contribution in [0.5, 0.6) is 0 Å². The Hall–Kier alpha value is -0.160. The minimum atomic E-state index is 0.123. The Kier molecular flexibility index (Phi) is 3.39. The number of hydrogen-bond donors (Lipinski definition) is 3. The van der Waals surface area contributed by atoms with E-state index in [0.29, 0.717) is 18.2 Å². The maximum Gasteiger partial charge on any atom is 0.104 e. The van der Waals surface area contributed by atoms with Gasteiger partial charge in [-0.3, -0.25) is 5.32 Å². The minimum Gasteiger partial charge on any atom is -0.309 e. The number of hydrazine groups is 1. The lowest BCUT2D eigenvalue weighted by molar-refractivity contribution is -0.0682. The Morgan fingerprint density at radius 1 is 1.06 bits per heavy atom. The van der Waals surface area contributed by atoms with E-state index in [1.54, 1.807) is 0 Å². The predicted octanol–water partition coefficient (Wildman–Crippen LogP) is 1.40. The Labute approximate surface area is 111 Å². The molecule has 3 fully saturated rings. The largest absolute Gasteiger partial charge is 0.309 e. The molecule has 0 radical (unpaired) electrons. The third-order valence-electron chi connectivity index (χ3n) is 5.23. The van der Waals surface area contributed by atoms with Gasteiger partial charge in [-0.25, -0.2) is 10.4 Å². The summed E-state index contributed by atoms with van der Waals surface area (Å²) >= 11 is 0. The molecule has 4 atom stereocenters. The van der Waals surface area contributed by atoms with Gasteiger partial charge in [-0.2, -0.15) is 0 Å². The van der Waals surface area contributed by atoms with Crippen molar-refractivity contribution in [1.82, 2.24) is 21.1 Å². The molecule has 1 aliphatic carbocycles. The van der Waals surface area contributed by atoms with Gasteiger partial charge in [-0.15, -0.1) is 0 Å². The van der Waals surface area contributed by atoms with Crippen LogP contribution < -0.4 is 16.1 Å². The van der Waals surface area contributed by atoms with Crippen LogP contribution in [0.3, 0.4) is 0 Å². The van der Waals surface area contributed by atoms with Crippen LogP contribution in [-0.2, 0) is 0 Å². The lowest BCUT2D eigenvalue weighted by Gasteiger charge is -2.54. The van der Waals surface area contributed by atoms with Crippen molar-refractivity contribution in [2.75, 3.05) is 6.54 Å². The second-order valence-corrected chi connectivity index (χ2v) is 6.50. The van der Waals surface area contributed by atoms with Gasteiger partial charge in [0, 0.05) is 18.6 Å². The summed E-state index contributed by atoms with van der Waals surface area (Å²) in [6.07, 6.45) is 7.35. The van der Waals surface area contributed by atoms with Crippen molar-refractivity contribution >= 4 is 0 Å². The molecular weight excluding hydrogens is 224 g/mol. The van der Waals surface area contributed by atoms with E-state index in [1.807, 2.05) is 0 Å². The molecule has 2 aliphatic heterocycles. The SMILES string of the molecule is CC1CNC(C)C2(C3CCCCC3)N[C@H](C)NN12. The third kappa shape index (κ3) is 1.82. The fourth-order valence-electron chi connectivity index (χ4n) is 4.39. The normalized spacial score (nSPS) is 47.2. The molecule has 3 rings (SSSR count). The Bertz CT molecular complexity index is 302. The third-order valence-corrected chi connectivity index (χ3v) is 5.23. The molecular formula is C14H28N4. The molecule has 2 heterocycles. The number of rotatable bonds is 1. The molecule has 18 heavy (non-hydrogen) atoms. The molecule has 4 nitrogen and oxygen atoms in total. The summed E-state index contributed by atoms with van der Waals surface area (Å²) in [5.41, 5.74) is 3.78. The first kappa shape index (κ1) is 12.9. The molecule has 4 heteroatoms. The first-order valence-electron chi connectivity index (χ1n) is 7.71. The topological polar surface area (TPSA) is 39.3 Å². The molecule has 0 aromatic carbocycles. The Balaban J connectivity index is 1.91. The number of nitrogens with zero attached hydrogens (tertiary/aromatic N) is 1. The van der Waals surface area contributed by atoms with Crippen molar-refractivity contribution in [1.29, 1.82) is 0 Å². The van der Waals surface area contributed by atoms with Crippen molar-refractivity contribution in [2.24, 2.45) is 5.92 Å². The van der Waals surface area contributed by atoms with E-state index in [0.717, 1.165) is 12.5 Å². The van der Waals surface area contributed by atoms with E-state index in [9.17, 15) is 0 Å². The van der Waals surface area contributed by atoms with E-state index in [-0.39, 0.29) is 5.66 Å². The zero-order chi connectivity index (χ0) is 12.8. The maximum atomic E-state index is 3.87. The Morgan fingerprint density at radius 2 is 1.78 bits per heavy atom. The van der Waals surface area contributed by atoms with Crippen LogP contribution in [0.1, 0.15) is 52.9 Å². The Morgan fingerprint density at radius 3 is 2.50 bits per heavy atom. The summed E-state index contributed by atoms with van der Waals surface area (Å²) in [7, 11) is 0. The highest BCUT2D eigenvalue weighted by Gasteiger charge is 2.56. The highest BCUT2D eigenvalue weighted by Crippen LogP contribution is 2.41. The number of piperazine rings is 1. The van der Waals surface area contributed by atoms with Gasteiger partial charge in [0.1, 0.15) is 5.66 Å². The molecule has 2 saturated heterocycles. The van der Waals surface area contributed by atoms with Gasteiger partial charge >= 0.3 is 0 Å². The summed E-state index contributed by atoms with van der Waals surface area (Å²) in [4.78, 5) is 0. The zero-order valence-electron chi connectivity index (χ0n) is 12.0. The van der Waals surface area contributed by atoms with Crippen LogP contribution >= 0.6 is 0 Å². The molecule has 3 N–H and O–H groups in total. The van der Waals surface area contributed by atoms with Crippen LogP contribution in [-0.4, -0.2) is 35.5 Å². The molecule has 1 saturated carbocycles. The lowest BCUT2D eigenvalue weighted by atomic mass is 9.75. The number of nitrogens with one attached hydrogen (secondary N) is 3. The highest BCUT2D eigenvalue weighted by molar-refractivity contribution is 5.09. The highest BCUT2D eigenvalue weighted by atomic mass is 15.7. The minimum absolute atomic E-state index is 0.123.